The number of benzene rings is 1. The molecule has 0 unspecified atom stereocenters. The van der Waals surface area contributed by atoms with Crippen LogP contribution in [0.25, 0.3) is 0 Å². The van der Waals surface area contributed by atoms with Crippen LogP contribution in [-0.4, -0.2) is 28.4 Å². The van der Waals surface area contributed by atoms with Crippen LogP contribution in [0.2, 0.25) is 0 Å². The first-order valence-electron chi connectivity index (χ1n) is 6.56. The summed E-state index contributed by atoms with van der Waals surface area (Å²) >= 11 is 1.79. The summed E-state index contributed by atoms with van der Waals surface area (Å²) in [5.41, 5.74) is 0.702. The SMILES string of the molecule is C[C@@H]1CS[C@H](c2ccccc2)N1C(=O)OC(C)(C)C. The second kappa shape index (κ2) is 5.45. The third-order valence-electron chi connectivity index (χ3n) is 2.91. The monoisotopic (exact) mass is 279 g/mol. The van der Waals surface area contributed by atoms with Crippen molar-refractivity contribution in [1.29, 1.82) is 0 Å². The van der Waals surface area contributed by atoms with Gasteiger partial charge < -0.3 is 4.74 Å². The molecule has 1 aliphatic rings. The molecule has 1 aromatic carbocycles. The van der Waals surface area contributed by atoms with E-state index in [9.17, 15) is 4.79 Å². The van der Waals surface area contributed by atoms with Crippen LogP contribution in [0.1, 0.15) is 38.6 Å². The van der Waals surface area contributed by atoms with Crippen LogP contribution >= 0.6 is 11.8 Å². The summed E-state index contributed by atoms with van der Waals surface area (Å²) in [6.07, 6.45) is -0.223. The van der Waals surface area contributed by atoms with Crippen LogP contribution in [0, 0.1) is 0 Å². The predicted molar refractivity (Wildman–Crippen MR) is 79.2 cm³/mol. The van der Waals surface area contributed by atoms with Crippen molar-refractivity contribution in [2.75, 3.05) is 5.75 Å². The van der Waals surface area contributed by atoms with Gasteiger partial charge in [0.2, 0.25) is 0 Å². The van der Waals surface area contributed by atoms with E-state index in [1.165, 1.54) is 0 Å². The Labute approximate surface area is 119 Å². The largest absolute Gasteiger partial charge is 0.444 e. The number of nitrogens with zero attached hydrogens (tertiary/aromatic N) is 1. The zero-order valence-electron chi connectivity index (χ0n) is 11.9. The predicted octanol–water partition coefficient (Wildman–Crippen LogP) is 4.06. The Morgan fingerprint density at radius 1 is 1.32 bits per heavy atom. The fraction of sp³-hybridized carbons (Fsp3) is 0.533. The van der Waals surface area contributed by atoms with Gasteiger partial charge in [0.05, 0.1) is 0 Å². The van der Waals surface area contributed by atoms with Gasteiger partial charge in [-0.2, -0.15) is 0 Å². The standard InChI is InChI=1S/C15H21NO2S/c1-11-10-19-13(12-8-6-5-7-9-12)16(11)14(17)18-15(2,3)4/h5-9,11,13H,10H2,1-4H3/t11-,13-/m1/s1. The molecule has 0 radical (unpaired) electrons. The van der Waals surface area contributed by atoms with Gasteiger partial charge in [0.25, 0.3) is 0 Å². The van der Waals surface area contributed by atoms with Crippen LogP contribution in [0.4, 0.5) is 4.79 Å². The molecule has 0 aliphatic carbocycles. The smallest absolute Gasteiger partial charge is 0.411 e. The minimum Gasteiger partial charge on any atom is -0.444 e. The number of hydrogen-bond donors (Lipinski definition) is 0. The molecule has 2 atom stereocenters. The van der Waals surface area contributed by atoms with E-state index >= 15 is 0 Å². The lowest BCUT2D eigenvalue weighted by Crippen LogP contribution is -2.40. The summed E-state index contributed by atoms with van der Waals surface area (Å²) in [4.78, 5) is 14.2. The molecule has 0 aromatic heterocycles. The van der Waals surface area contributed by atoms with Crippen molar-refractivity contribution in [3.63, 3.8) is 0 Å². The van der Waals surface area contributed by atoms with E-state index in [-0.39, 0.29) is 17.5 Å². The van der Waals surface area contributed by atoms with Gasteiger partial charge in [-0.05, 0) is 33.3 Å². The molecular weight excluding hydrogens is 258 g/mol. The van der Waals surface area contributed by atoms with E-state index in [1.807, 2.05) is 43.9 Å². The first-order chi connectivity index (χ1) is 8.88. The second-order valence-electron chi connectivity index (χ2n) is 5.83. The Hall–Kier alpha value is -1.16. The Morgan fingerprint density at radius 3 is 2.53 bits per heavy atom. The molecule has 0 saturated carbocycles. The molecule has 1 aliphatic heterocycles. The van der Waals surface area contributed by atoms with Crippen molar-refractivity contribution in [2.24, 2.45) is 0 Å². The number of hydrogen-bond acceptors (Lipinski definition) is 3. The van der Waals surface area contributed by atoms with Crippen molar-refractivity contribution in [2.45, 2.75) is 44.7 Å². The first-order valence-corrected chi connectivity index (χ1v) is 7.61. The lowest BCUT2D eigenvalue weighted by molar-refractivity contribution is 0.0188. The molecule has 0 spiro atoms. The molecular formula is C15H21NO2S. The Morgan fingerprint density at radius 2 is 1.95 bits per heavy atom. The summed E-state index contributed by atoms with van der Waals surface area (Å²) in [7, 11) is 0. The molecule has 4 heteroatoms. The average molecular weight is 279 g/mol. The highest BCUT2D eigenvalue weighted by Crippen LogP contribution is 2.41. The number of carbonyl (C=O) groups is 1. The highest BCUT2D eigenvalue weighted by molar-refractivity contribution is 7.99. The van der Waals surface area contributed by atoms with Crippen LogP contribution in [-0.2, 0) is 4.74 Å². The molecule has 1 heterocycles. The van der Waals surface area contributed by atoms with Gasteiger partial charge in [-0.15, -0.1) is 11.8 Å². The molecule has 1 fully saturated rings. The minimum atomic E-state index is -0.453. The van der Waals surface area contributed by atoms with Gasteiger partial charge in [0.1, 0.15) is 11.0 Å². The van der Waals surface area contributed by atoms with Crippen molar-refractivity contribution in [3.8, 4) is 0 Å². The maximum Gasteiger partial charge on any atom is 0.411 e. The maximum atomic E-state index is 12.3. The van der Waals surface area contributed by atoms with E-state index in [0.717, 1.165) is 11.3 Å². The van der Waals surface area contributed by atoms with E-state index in [2.05, 4.69) is 19.1 Å². The third-order valence-corrected chi connectivity index (χ3v) is 4.40. The van der Waals surface area contributed by atoms with Crippen molar-refractivity contribution < 1.29 is 9.53 Å². The highest BCUT2D eigenvalue weighted by Gasteiger charge is 2.38. The molecule has 2 rings (SSSR count). The molecule has 0 bridgehead atoms. The first kappa shape index (κ1) is 14.3. The molecule has 104 valence electrons. The van der Waals surface area contributed by atoms with Crippen LogP contribution in [0.5, 0.6) is 0 Å². The number of ether oxygens (including phenoxy) is 1. The number of amides is 1. The summed E-state index contributed by atoms with van der Waals surface area (Å²) < 4.78 is 5.52. The molecule has 1 saturated heterocycles. The number of carbonyl (C=O) groups excluding carboxylic acids is 1. The summed E-state index contributed by atoms with van der Waals surface area (Å²) in [5, 5.41) is 0.0612. The van der Waals surface area contributed by atoms with E-state index in [1.54, 1.807) is 11.8 Å². The molecule has 1 amide bonds. The van der Waals surface area contributed by atoms with Crippen molar-refractivity contribution >= 4 is 17.9 Å². The average Bonchev–Trinajstić information content (AvgIpc) is 2.70. The van der Waals surface area contributed by atoms with Crippen LogP contribution in [0.3, 0.4) is 0 Å². The van der Waals surface area contributed by atoms with Gasteiger partial charge in [0.15, 0.2) is 0 Å². The van der Waals surface area contributed by atoms with E-state index in [0.29, 0.717) is 0 Å². The number of rotatable bonds is 1. The Kier molecular flexibility index (Phi) is 4.09. The molecule has 3 nitrogen and oxygen atoms in total. The zero-order chi connectivity index (χ0) is 14.0. The van der Waals surface area contributed by atoms with Gasteiger partial charge in [0, 0.05) is 11.8 Å². The van der Waals surface area contributed by atoms with Gasteiger partial charge in [-0.3, -0.25) is 4.90 Å². The molecule has 1 aromatic rings. The number of thioether (sulfide) groups is 1. The van der Waals surface area contributed by atoms with Gasteiger partial charge >= 0.3 is 6.09 Å². The van der Waals surface area contributed by atoms with Crippen LogP contribution in [0.15, 0.2) is 30.3 Å². The topological polar surface area (TPSA) is 29.5 Å². The quantitative estimate of drug-likeness (QED) is 0.776. The molecule has 0 N–H and O–H groups in total. The fourth-order valence-electron chi connectivity index (χ4n) is 2.09. The molecule has 19 heavy (non-hydrogen) atoms. The zero-order valence-corrected chi connectivity index (χ0v) is 12.7. The lowest BCUT2D eigenvalue weighted by Gasteiger charge is -2.30. The van der Waals surface area contributed by atoms with Crippen LogP contribution < -0.4 is 0 Å². The minimum absolute atomic E-state index is 0.0612. The summed E-state index contributed by atoms with van der Waals surface area (Å²) in [5.74, 6) is 0.943. The van der Waals surface area contributed by atoms with Gasteiger partial charge in [-0.1, -0.05) is 30.3 Å². The van der Waals surface area contributed by atoms with Crippen molar-refractivity contribution in [1.82, 2.24) is 4.90 Å². The lowest BCUT2D eigenvalue weighted by atomic mass is 10.2. The van der Waals surface area contributed by atoms with Crippen molar-refractivity contribution in [3.05, 3.63) is 35.9 Å². The third kappa shape index (κ3) is 3.44. The maximum absolute atomic E-state index is 12.3. The summed E-state index contributed by atoms with van der Waals surface area (Å²) in [6, 6.07) is 10.3. The van der Waals surface area contributed by atoms with E-state index in [4.69, 9.17) is 4.74 Å². The normalized spacial score (nSPS) is 23.5. The van der Waals surface area contributed by atoms with Gasteiger partial charge in [-0.25, -0.2) is 4.79 Å². The van der Waals surface area contributed by atoms with E-state index < -0.39 is 5.60 Å². The Bertz CT molecular complexity index is 441. The second-order valence-corrected chi connectivity index (χ2v) is 6.95. The Balaban J connectivity index is 2.19. The summed E-state index contributed by atoms with van der Waals surface area (Å²) in [6.45, 7) is 7.77. The highest BCUT2D eigenvalue weighted by atomic mass is 32.2. The fourth-order valence-corrected chi connectivity index (χ4v) is 3.51.